The largest absolute Gasteiger partial charge is 0.383 e. The highest BCUT2D eigenvalue weighted by Gasteiger charge is 2.33. The number of ether oxygens (including phenoxy) is 1. The Labute approximate surface area is 148 Å². The molecule has 136 valence electrons. The van der Waals surface area contributed by atoms with Gasteiger partial charge in [0.25, 0.3) is 0 Å². The van der Waals surface area contributed by atoms with Crippen molar-refractivity contribution in [3.8, 4) is 0 Å². The molecule has 1 atom stereocenters. The lowest BCUT2D eigenvalue weighted by atomic mass is 10.1. The molecule has 2 amide bonds. The summed E-state index contributed by atoms with van der Waals surface area (Å²) in [5.41, 5.74) is 0.969. The molecule has 3 heterocycles. The van der Waals surface area contributed by atoms with Crippen LogP contribution >= 0.6 is 0 Å². The van der Waals surface area contributed by atoms with Crippen LogP contribution < -0.4 is 10.2 Å². The quantitative estimate of drug-likeness (QED) is 0.790. The standard InChI is InChI=1S/C18H26N4O3/c1-25-9-8-22-13-15(10-17(22)23)18(24)20-12-14-4-5-16(19-11-14)21-6-2-3-7-21/h4-5,11,15H,2-3,6-10,12-13H2,1H3,(H,20,24). The number of likely N-dealkylation sites (tertiary alicyclic amines) is 1. The topological polar surface area (TPSA) is 74.8 Å². The lowest BCUT2D eigenvalue weighted by molar-refractivity contribution is -0.129. The SMILES string of the molecule is COCCN1CC(C(=O)NCc2ccc(N3CCCC3)nc2)CC1=O. The molecule has 25 heavy (non-hydrogen) atoms. The normalized spacial score (nSPS) is 20.4. The van der Waals surface area contributed by atoms with Crippen molar-refractivity contribution < 1.29 is 14.3 Å². The van der Waals surface area contributed by atoms with Crippen molar-refractivity contribution in [2.45, 2.75) is 25.8 Å². The van der Waals surface area contributed by atoms with Crippen LogP contribution in [0.15, 0.2) is 18.3 Å². The molecule has 3 rings (SSSR count). The predicted octanol–water partition coefficient (Wildman–Crippen LogP) is 0.793. The number of rotatable bonds is 7. The van der Waals surface area contributed by atoms with Crippen LogP contribution in [0.25, 0.3) is 0 Å². The number of nitrogens with zero attached hydrogens (tertiary/aromatic N) is 3. The summed E-state index contributed by atoms with van der Waals surface area (Å²) in [6.07, 6.45) is 4.54. The monoisotopic (exact) mass is 346 g/mol. The molecule has 0 aromatic carbocycles. The number of amides is 2. The number of carbonyl (C=O) groups excluding carboxylic acids is 2. The Morgan fingerprint density at radius 3 is 2.84 bits per heavy atom. The molecule has 2 aliphatic heterocycles. The molecule has 2 fully saturated rings. The molecule has 7 heteroatoms. The van der Waals surface area contributed by atoms with Gasteiger partial charge in [-0.3, -0.25) is 9.59 Å². The van der Waals surface area contributed by atoms with E-state index in [0.29, 0.717) is 26.2 Å². The maximum absolute atomic E-state index is 12.3. The summed E-state index contributed by atoms with van der Waals surface area (Å²) in [4.78, 5) is 32.7. The van der Waals surface area contributed by atoms with Gasteiger partial charge in [0.2, 0.25) is 11.8 Å². The Kier molecular flexibility index (Phi) is 5.86. The molecule has 0 spiro atoms. The van der Waals surface area contributed by atoms with E-state index in [0.717, 1.165) is 24.5 Å². The summed E-state index contributed by atoms with van der Waals surface area (Å²) in [5.74, 6) is 0.676. The van der Waals surface area contributed by atoms with Gasteiger partial charge in [-0.05, 0) is 24.5 Å². The minimum absolute atomic E-state index is 0.0221. The Balaban J connectivity index is 1.46. The zero-order chi connectivity index (χ0) is 17.6. The summed E-state index contributed by atoms with van der Waals surface area (Å²) in [6, 6.07) is 4.02. The molecule has 1 aromatic heterocycles. The summed E-state index contributed by atoms with van der Waals surface area (Å²) >= 11 is 0. The summed E-state index contributed by atoms with van der Waals surface area (Å²) in [6.45, 7) is 4.09. The van der Waals surface area contributed by atoms with Crippen molar-refractivity contribution in [1.29, 1.82) is 0 Å². The van der Waals surface area contributed by atoms with Crippen LogP contribution in [0.4, 0.5) is 5.82 Å². The zero-order valence-electron chi connectivity index (χ0n) is 14.7. The summed E-state index contributed by atoms with van der Waals surface area (Å²) < 4.78 is 4.99. The second-order valence-electron chi connectivity index (χ2n) is 6.67. The van der Waals surface area contributed by atoms with Crippen molar-refractivity contribution in [3.05, 3.63) is 23.9 Å². The average molecular weight is 346 g/mol. The van der Waals surface area contributed by atoms with Crippen molar-refractivity contribution in [2.24, 2.45) is 5.92 Å². The Hall–Kier alpha value is -2.15. The van der Waals surface area contributed by atoms with Gasteiger partial charge in [0.15, 0.2) is 0 Å². The van der Waals surface area contributed by atoms with Gasteiger partial charge in [-0.15, -0.1) is 0 Å². The number of aromatic nitrogens is 1. The first kappa shape index (κ1) is 17.7. The van der Waals surface area contributed by atoms with E-state index in [-0.39, 0.29) is 24.2 Å². The molecule has 1 N–H and O–H groups in total. The maximum Gasteiger partial charge on any atom is 0.225 e. The highest BCUT2D eigenvalue weighted by Crippen LogP contribution is 2.19. The second-order valence-corrected chi connectivity index (χ2v) is 6.67. The Bertz CT molecular complexity index is 599. The van der Waals surface area contributed by atoms with Crippen LogP contribution in [0.2, 0.25) is 0 Å². The molecule has 0 aliphatic carbocycles. The van der Waals surface area contributed by atoms with E-state index >= 15 is 0 Å². The smallest absolute Gasteiger partial charge is 0.225 e. The van der Waals surface area contributed by atoms with Crippen LogP contribution in [-0.4, -0.2) is 61.6 Å². The first-order chi connectivity index (χ1) is 12.2. The average Bonchev–Trinajstić information content (AvgIpc) is 3.28. The number of methoxy groups -OCH3 is 1. The van der Waals surface area contributed by atoms with Gasteiger partial charge < -0.3 is 19.9 Å². The van der Waals surface area contributed by atoms with Gasteiger partial charge in [0.05, 0.1) is 12.5 Å². The van der Waals surface area contributed by atoms with E-state index < -0.39 is 0 Å². The van der Waals surface area contributed by atoms with E-state index in [2.05, 4.69) is 15.2 Å². The molecule has 0 saturated carbocycles. The third-order valence-electron chi connectivity index (χ3n) is 4.86. The number of anilines is 1. The lowest BCUT2D eigenvalue weighted by Gasteiger charge is -2.17. The van der Waals surface area contributed by atoms with Crippen molar-refractivity contribution in [1.82, 2.24) is 15.2 Å². The number of hydrogen-bond donors (Lipinski definition) is 1. The highest BCUT2D eigenvalue weighted by atomic mass is 16.5. The molecular weight excluding hydrogens is 320 g/mol. The molecular formula is C18H26N4O3. The number of hydrogen-bond acceptors (Lipinski definition) is 5. The van der Waals surface area contributed by atoms with E-state index in [9.17, 15) is 9.59 Å². The molecule has 2 aliphatic rings. The Morgan fingerprint density at radius 2 is 2.16 bits per heavy atom. The first-order valence-electron chi connectivity index (χ1n) is 8.91. The summed E-state index contributed by atoms with van der Waals surface area (Å²) in [5, 5.41) is 2.92. The molecule has 7 nitrogen and oxygen atoms in total. The van der Waals surface area contributed by atoms with Crippen LogP contribution in [0.1, 0.15) is 24.8 Å². The molecule has 0 bridgehead atoms. The first-order valence-corrected chi connectivity index (χ1v) is 8.91. The maximum atomic E-state index is 12.3. The third-order valence-corrected chi connectivity index (χ3v) is 4.86. The number of pyridine rings is 1. The lowest BCUT2D eigenvalue weighted by Crippen LogP contribution is -2.33. The fraction of sp³-hybridized carbons (Fsp3) is 0.611. The van der Waals surface area contributed by atoms with Crippen molar-refractivity contribution >= 4 is 17.6 Å². The van der Waals surface area contributed by atoms with Crippen LogP contribution in [0, 0.1) is 5.92 Å². The summed E-state index contributed by atoms with van der Waals surface area (Å²) in [7, 11) is 1.60. The van der Waals surface area contributed by atoms with Gasteiger partial charge in [-0.2, -0.15) is 0 Å². The van der Waals surface area contributed by atoms with Gasteiger partial charge in [-0.25, -0.2) is 4.98 Å². The molecule has 0 radical (unpaired) electrons. The highest BCUT2D eigenvalue weighted by molar-refractivity contribution is 5.89. The van der Waals surface area contributed by atoms with E-state index in [4.69, 9.17) is 4.74 Å². The van der Waals surface area contributed by atoms with Crippen molar-refractivity contribution in [3.63, 3.8) is 0 Å². The minimum Gasteiger partial charge on any atom is -0.383 e. The van der Waals surface area contributed by atoms with Crippen molar-refractivity contribution in [2.75, 3.05) is 44.8 Å². The van der Waals surface area contributed by atoms with Gasteiger partial charge >= 0.3 is 0 Å². The second kappa shape index (κ2) is 8.29. The minimum atomic E-state index is -0.277. The van der Waals surface area contributed by atoms with Crippen LogP contribution in [-0.2, 0) is 20.9 Å². The van der Waals surface area contributed by atoms with E-state index in [1.807, 2.05) is 18.3 Å². The Morgan fingerprint density at radius 1 is 1.36 bits per heavy atom. The number of carbonyl (C=O) groups is 2. The fourth-order valence-corrected chi connectivity index (χ4v) is 3.35. The fourth-order valence-electron chi connectivity index (χ4n) is 3.35. The predicted molar refractivity (Wildman–Crippen MR) is 94.1 cm³/mol. The van der Waals surface area contributed by atoms with E-state index in [1.165, 1.54) is 12.8 Å². The zero-order valence-corrected chi connectivity index (χ0v) is 14.7. The van der Waals surface area contributed by atoms with Gasteiger partial charge in [0.1, 0.15) is 5.82 Å². The number of nitrogens with one attached hydrogen (secondary N) is 1. The molecule has 2 saturated heterocycles. The van der Waals surface area contributed by atoms with E-state index in [1.54, 1.807) is 12.0 Å². The van der Waals surface area contributed by atoms with Gasteiger partial charge in [-0.1, -0.05) is 6.07 Å². The van der Waals surface area contributed by atoms with Crippen LogP contribution in [0.5, 0.6) is 0 Å². The molecule has 1 unspecified atom stereocenters. The molecule has 1 aromatic rings. The van der Waals surface area contributed by atoms with Crippen LogP contribution in [0.3, 0.4) is 0 Å². The third kappa shape index (κ3) is 4.48. The van der Waals surface area contributed by atoms with Gasteiger partial charge in [0, 0.05) is 52.5 Å².